The van der Waals surface area contributed by atoms with Crippen LogP contribution in [0.3, 0.4) is 0 Å². The number of benzene rings is 3. The molecule has 4 rings (SSSR count). The molecular formula is C24H20Cl2N4O3. The van der Waals surface area contributed by atoms with E-state index in [1.54, 1.807) is 54.1 Å². The zero-order valence-corrected chi connectivity index (χ0v) is 19.2. The summed E-state index contributed by atoms with van der Waals surface area (Å²) in [7, 11) is 1.55. The number of para-hydroxylation sites is 2. The molecule has 7 nitrogen and oxygen atoms in total. The average Bonchev–Trinajstić information content (AvgIpc) is 3.15. The minimum absolute atomic E-state index is 0.0117. The molecule has 3 aromatic carbocycles. The van der Waals surface area contributed by atoms with Gasteiger partial charge in [0.1, 0.15) is 24.7 Å². The summed E-state index contributed by atoms with van der Waals surface area (Å²) in [6.07, 6.45) is 0. The Morgan fingerprint density at radius 1 is 1.03 bits per heavy atom. The summed E-state index contributed by atoms with van der Waals surface area (Å²) in [6.45, 7) is 0.118. The normalized spacial score (nSPS) is 10.8. The number of rotatable bonds is 7. The van der Waals surface area contributed by atoms with Gasteiger partial charge in [0, 0.05) is 23.3 Å². The van der Waals surface area contributed by atoms with Crippen molar-refractivity contribution in [2.75, 3.05) is 12.4 Å². The Labute approximate surface area is 200 Å². The van der Waals surface area contributed by atoms with Gasteiger partial charge in [-0.2, -0.15) is 0 Å². The summed E-state index contributed by atoms with van der Waals surface area (Å²) in [5, 5.41) is 6.30. The molecule has 0 bridgehead atoms. The van der Waals surface area contributed by atoms with E-state index in [0.29, 0.717) is 32.9 Å². The first kappa shape index (κ1) is 22.6. The average molecular weight is 483 g/mol. The molecule has 33 heavy (non-hydrogen) atoms. The molecule has 0 saturated carbocycles. The molecule has 0 radical (unpaired) electrons. The van der Waals surface area contributed by atoms with Crippen molar-refractivity contribution in [2.45, 2.75) is 13.2 Å². The fraction of sp³-hybridized carbons (Fsp3) is 0.125. The number of amides is 2. The summed E-state index contributed by atoms with van der Waals surface area (Å²) in [5.41, 5.74) is 2.52. The Bertz CT molecular complexity index is 1340. The molecule has 0 unspecified atom stereocenters. The maximum Gasteiger partial charge on any atom is 0.251 e. The van der Waals surface area contributed by atoms with E-state index < -0.39 is 0 Å². The van der Waals surface area contributed by atoms with Gasteiger partial charge in [0.25, 0.3) is 5.91 Å². The Hall–Kier alpha value is -3.55. The van der Waals surface area contributed by atoms with Gasteiger partial charge in [-0.05, 0) is 48.5 Å². The molecule has 1 heterocycles. The van der Waals surface area contributed by atoms with E-state index in [2.05, 4.69) is 15.6 Å². The molecule has 0 aliphatic rings. The molecule has 0 fully saturated rings. The van der Waals surface area contributed by atoms with Gasteiger partial charge in [0.2, 0.25) is 5.91 Å². The van der Waals surface area contributed by atoms with Gasteiger partial charge >= 0.3 is 0 Å². The number of hydrogen-bond donors (Lipinski definition) is 2. The van der Waals surface area contributed by atoms with Crippen LogP contribution in [-0.2, 0) is 17.9 Å². The zero-order chi connectivity index (χ0) is 23.4. The lowest BCUT2D eigenvalue weighted by Crippen LogP contribution is -2.21. The molecule has 4 aromatic rings. The highest BCUT2D eigenvalue weighted by molar-refractivity contribution is 6.35. The molecule has 0 spiro atoms. The highest BCUT2D eigenvalue weighted by Crippen LogP contribution is 2.28. The van der Waals surface area contributed by atoms with E-state index in [1.807, 2.05) is 24.3 Å². The van der Waals surface area contributed by atoms with E-state index in [4.69, 9.17) is 27.9 Å². The second kappa shape index (κ2) is 9.94. The molecule has 2 amide bonds. The number of carbonyl (C=O) groups excluding carboxylic acids is 2. The molecule has 9 heteroatoms. The van der Waals surface area contributed by atoms with Gasteiger partial charge in [0.05, 0.1) is 16.1 Å². The molecule has 2 N–H and O–H groups in total. The zero-order valence-electron chi connectivity index (χ0n) is 17.6. The lowest BCUT2D eigenvalue weighted by atomic mass is 10.2. The van der Waals surface area contributed by atoms with Gasteiger partial charge in [-0.25, -0.2) is 4.98 Å². The SMILES string of the molecule is CNC(=O)c1cccc(NC(=O)Cn2c(COc3ccc(Cl)cc3Cl)nc3ccccc32)c1. The van der Waals surface area contributed by atoms with Crippen molar-refractivity contribution in [3.63, 3.8) is 0 Å². The molecule has 0 saturated heterocycles. The predicted octanol–water partition coefficient (Wildman–Crippen LogP) is 4.92. The largest absolute Gasteiger partial charge is 0.484 e. The Morgan fingerprint density at radius 3 is 2.64 bits per heavy atom. The second-order valence-electron chi connectivity index (χ2n) is 7.17. The smallest absolute Gasteiger partial charge is 0.251 e. The van der Waals surface area contributed by atoms with Crippen molar-refractivity contribution in [1.82, 2.24) is 14.9 Å². The van der Waals surface area contributed by atoms with Crippen LogP contribution in [0.15, 0.2) is 66.7 Å². The maximum absolute atomic E-state index is 12.9. The topological polar surface area (TPSA) is 85.2 Å². The number of aromatic nitrogens is 2. The van der Waals surface area contributed by atoms with Crippen LogP contribution in [0.2, 0.25) is 10.0 Å². The number of ether oxygens (including phenoxy) is 1. The van der Waals surface area contributed by atoms with E-state index in [1.165, 1.54) is 0 Å². The third kappa shape index (κ3) is 5.27. The van der Waals surface area contributed by atoms with Crippen molar-refractivity contribution in [2.24, 2.45) is 0 Å². The first-order valence-corrected chi connectivity index (χ1v) is 10.8. The molecular weight excluding hydrogens is 463 g/mol. The van der Waals surface area contributed by atoms with Crippen LogP contribution in [-0.4, -0.2) is 28.4 Å². The monoisotopic (exact) mass is 482 g/mol. The van der Waals surface area contributed by atoms with Crippen LogP contribution >= 0.6 is 23.2 Å². The molecule has 0 aliphatic carbocycles. The molecule has 0 aliphatic heterocycles. The van der Waals surface area contributed by atoms with Gasteiger partial charge in [0.15, 0.2) is 0 Å². The third-order valence-corrected chi connectivity index (χ3v) is 5.45. The van der Waals surface area contributed by atoms with Gasteiger partial charge in [-0.1, -0.05) is 41.4 Å². The van der Waals surface area contributed by atoms with Crippen LogP contribution in [0.5, 0.6) is 5.75 Å². The highest BCUT2D eigenvalue weighted by Gasteiger charge is 2.15. The summed E-state index contributed by atoms with van der Waals surface area (Å²) < 4.78 is 7.64. The van der Waals surface area contributed by atoms with Crippen molar-refractivity contribution >= 4 is 51.7 Å². The lowest BCUT2D eigenvalue weighted by Gasteiger charge is -2.12. The van der Waals surface area contributed by atoms with E-state index in [0.717, 1.165) is 11.0 Å². The number of imidazole rings is 1. The maximum atomic E-state index is 12.9. The first-order valence-electron chi connectivity index (χ1n) is 10.1. The van der Waals surface area contributed by atoms with Crippen LogP contribution in [0.1, 0.15) is 16.2 Å². The minimum Gasteiger partial charge on any atom is -0.484 e. The molecule has 0 atom stereocenters. The number of nitrogens with zero attached hydrogens (tertiary/aromatic N) is 2. The number of hydrogen-bond acceptors (Lipinski definition) is 4. The van der Waals surface area contributed by atoms with Crippen LogP contribution in [0.25, 0.3) is 11.0 Å². The Morgan fingerprint density at radius 2 is 1.85 bits per heavy atom. The third-order valence-electron chi connectivity index (χ3n) is 4.92. The Balaban J connectivity index is 1.55. The summed E-state index contributed by atoms with van der Waals surface area (Å²) in [4.78, 5) is 29.3. The minimum atomic E-state index is -0.266. The Kier molecular flexibility index (Phi) is 6.82. The number of nitrogens with one attached hydrogen (secondary N) is 2. The van der Waals surface area contributed by atoms with E-state index in [-0.39, 0.29) is 25.0 Å². The van der Waals surface area contributed by atoms with Crippen LogP contribution < -0.4 is 15.4 Å². The van der Waals surface area contributed by atoms with E-state index in [9.17, 15) is 9.59 Å². The summed E-state index contributed by atoms with van der Waals surface area (Å²) in [5.74, 6) is 0.539. The van der Waals surface area contributed by atoms with Crippen LogP contribution in [0.4, 0.5) is 5.69 Å². The van der Waals surface area contributed by atoms with Gasteiger partial charge in [-0.3, -0.25) is 9.59 Å². The van der Waals surface area contributed by atoms with E-state index >= 15 is 0 Å². The van der Waals surface area contributed by atoms with Crippen molar-refractivity contribution in [3.05, 3.63) is 88.2 Å². The fourth-order valence-electron chi connectivity index (χ4n) is 3.37. The first-order chi connectivity index (χ1) is 15.9. The fourth-order valence-corrected chi connectivity index (χ4v) is 3.84. The van der Waals surface area contributed by atoms with Crippen LogP contribution in [0, 0.1) is 0 Å². The number of halogens is 2. The number of fused-ring (bicyclic) bond motifs is 1. The lowest BCUT2D eigenvalue weighted by molar-refractivity contribution is -0.116. The standard InChI is InChI=1S/C24H20Cl2N4O3/c1-27-24(32)15-5-4-6-17(11-15)28-23(31)13-30-20-8-3-2-7-19(20)29-22(30)14-33-21-10-9-16(25)12-18(21)26/h2-12H,13-14H2,1H3,(H,27,32)(H,28,31). The van der Waals surface area contributed by atoms with Crippen molar-refractivity contribution in [3.8, 4) is 5.75 Å². The van der Waals surface area contributed by atoms with Gasteiger partial charge < -0.3 is 19.9 Å². The predicted molar refractivity (Wildman–Crippen MR) is 129 cm³/mol. The van der Waals surface area contributed by atoms with Crippen molar-refractivity contribution < 1.29 is 14.3 Å². The van der Waals surface area contributed by atoms with Gasteiger partial charge in [-0.15, -0.1) is 0 Å². The highest BCUT2D eigenvalue weighted by atomic mass is 35.5. The quantitative estimate of drug-likeness (QED) is 0.391. The molecule has 1 aromatic heterocycles. The number of carbonyl (C=O) groups is 2. The molecule has 168 valence electrons. The number of anilines is 1. The summed E-state index contributed by atoms with van der Waals surface area (Å²) in [6, 6.07) is 19.2. The summed E-state index contributed by atoms with van der Waals surface area (Å²) >= 11 is 12.2. The second-order valence-corrected chi connectivity index (χ2v) is 8.02. The van der Waals surface area contributed by atoms with Crippen molar-refractivity contribution in [1.29, 1.82) is 0 Å².